The second kappa shape index (κ2) is 7.34. The molecule has 0 fully saturated rings. The number of esters is 1. The maximum Gasteiger partial charge on any atom is 0.310 e. The number of carbonyl (C=O) groups is 1. The molecule has 114 valence electrons. The number of halogens is 1. The molecule has 0 saturated heterocycles. The van der Waals surface area contributed by atoms with Crippen molar-refractivity contribution in [1.29, 1.82) is 0 Å². The van der Waals surface area contributed by atoms with Crippen LogP contribution in [-0.2, 0) is 9.53 Å². The minimum absolute atomic E-state index is 0.240. The molecule has 2 N–H and O–H groups in total. The minimum Gasteiger partial charge on any atom is -0.465 e. The molecule has 0 aliphatic rings. The van der Waals surface area contributed by atoms with E-state index >= 15 is 0 Å². The molecule has 0 saturated carbocycles. The smallest absolute Gasteiger partial charge is 0.310 e. The molecule has 5 heteroatoms. The monoisotopic (exact) mass is 317 g/mol. The SMILES string of the molecule is C[C@H](C(=O)OCCS(C)(C)C)[C@H](N)c1ccc(Cl)cc1. The zero-order chi connectivity index (χ0) is 15.3. The highest BCUT2D eigenvalue weighted by molar-refractivity contribution is 8.32. The number of hydrogen-bond acceptors (Lipinski definition) is 3. The molecular weight excluding hydrogens is 294 g/mol. The highest BCUT2D eigenvalue weighted by Gasteiger charge is 2.23. The largest absolute Gasteiger partial charge is 0.465 e. The lowest BCUT2D eigenvalue weighted by Gasteiger charge is -2.25. The molecule has 1 aromatic rings. The number of nitrogens with two attached hydrogens (primary N) is 1. The average molecular weight is 318 g/mol. The first-order valence-corrected chi connectivity index (χ1v) is 9.95. The second-order valence-corrected chi connectivity index (χ2v) is 10.9. The fourth-order valence-corrected chi connectivity index (χ4v) is 2.35. The van der Waals surface area contributed by atoms with E-state index in [1.165, 1.54) is 0 Å². The minimum atomic E-state index is -0.646. The van der Waals surface area contributed by atoms with Crippen LogP contribution < -0.4 is 5.73 Å². The number of rotatable bonds is 6. The summed E-state index contributed by atoms with van der Waals surface area (Å²) in [6.45, 7) is 2.26. The molecule has 20 heavy (non-hydrogen) atoms. The standard InChI is InChI=1S/C15H24ClNO2S/c1-11(15(18)19-9-10-20(2,3)4)14(17)12-5-7-13(16)8-6-12/h5-8,11,14H,9-10,17H2,1-4H3/t11-,14-/m0/s1. The highest BCUT2D eigenvalue weighted by Crippen LogP contribution is 2.33. The van der Waals surface area contributed by atoms with E-state index in [0.717, 1.165) is 11.3 Å². The summed E-state index contributed by atoms with van der Waals surface area (Å²) in [4.78, 5) is 12.0. The number of benzene rings is 1. The van der Waals surface area contributed by atoms with Crippen molar-refractivity contribution in [2.45, 2.75) is 13.0 Å². The van der Waals surface area contributed by atoms with E-state index in [9.17, 15) is 4.79 Å². The average Bonchev–Trinajstić information content (AvgIpc) is 2.36. The molecule has 0 aliphatic carbocycles. The second-order valence-electron chi connectivity index (χ2n) is 5.83. The third-order valence-corrected chi connectivity index (χ3v) is 4.75. The van der Waals surface area contributed by atoms with Crippen molar-refractivity contribution >= 4 is 27.6 Å². The van der Waals surface area contributed by atoms with Gasteiger partial charge in [0.05, 0.1) is 12.5 Å². The van der Waals surface area contributed by atoms with Crippen molar-refractivity contribution in [2.75, 3.05) is 31.1 Å². The van der Waals surface area contributed by atoms with E-state index in [1.807, 2.05) is 12.1 Å². The van der Waals surface area contributed by atoms with Crippen LogP contribution >= 0.6 is 21.6 Å². The van der Waals surface area contributed by atoms with E-state index < -0.39 is 10.0 Å². The summed E-state index contributed by atoms with van der Waals surface area (Å²) in [5, 5.41) is 0.657. The van der Waals surface area contributed by atoms with Gasteiger partial charge in [0, 0.05) is 16.8 Å². The van der Waals surface area contributed by atoms with Gasteiger partial charge in [-0.1, -0.05) is 30.7 Å². The summed E-state index contributed by atoms with van der Waals surface area (Å²) in [5.41, 5.74) is 7.00. The van der Waals surface area contributed by atoms with Crippen LogP contribution in [0.4, 0.5) is 0 Å². The van der Waals surface area contributed by atoms with Gasteiger partial charge in [0.2, 0.25) is 0 Å². The Morgan fingerprint density at radius 1 is 1.30 bits per heavy atom. The number of ether oxygens (including phenoxy) is 1. The first kappa shape index (κ1) is 17.3. The molecule has 0 unspecified atom stereocenters. The van der Waals surface area contributed by atoms with Crippen molar-refractivity contribution in [3.05, 3.63) is 34.9 Å². The third-order valence-electron chi connectivity index (χ3n) is 3.11. The molecule has 0 aromatic heterocycles. The van der Waals surface area contributed by atoms with Crippen LogP contribution in [0.3, 0.4) is 0 Å². The zero-order valence-electron chi connectivity index (χ0n) is 12.6. The Hall–Kier alpha value is -0.710. The molecule has 1 rings (SSSR count). The molecule has 0 radical (unpaired) electrons. The lowest BCUT2D eigenvalue weighted by molar-refractivity contribution is -0.148. The Kier molecular flexibility index (Phi) is 6.37. The summed E-state index contributed by atoms with van der Waals surface area (Å²) in [6, 6.07) is 6.86. The molecule has 0 bridgehead atoms. The normalized spacial score (nSPS) is 15.5. The first-order chi connectivity index (χ1) is 9.20. The topological polar surface area (TPSA) is 52.3 Å². The van der Waals surface area contributed by atoms with Crippen LogP contribution in [0.25, 0.3) is 0 Å². The number of hydrogen-bond donors (Lipinski definition) is 1. The van der Waals surface area contributed by atoms with Gasteiger partial charge in [-0.25, -0.2) is 10.0 Å². The van der Waals surface area contributed by atoms with Gasteiger partial charge in [-0.05, 0) is 36.5 Å². The number of carbonyl (C=O) groups excluding carboxylic acids is 1. The van der Waals surface area contributed by atoms with E-state index in [1.54, 1.807) is 19.1 Å². The van der Waals surface area contributed by atoms with Crippen LogP contribution in [0.2, 0.25) is 5.02 Å². The summed E-state index contributed by atoms with van der Waals surface area (Å²) in [6.07, 6.45) is 6.59. The molecule has 2 atom stereocenters. The van der Waals surface area contributed by atoms with Crippen molar-refractivity contribution < 1.29 is 9.53 Å². The zero-order valence-corrected chi connectivity index (χ0v) is 14.1. The Bertz CT molecular complexity index is 442. The van der Waals surface area contributed by atoms with Crippen molar-refractivity contribution in [1.82, 2.24) is 0 Å². The third kappa shape index (κ3) is 5.73. The van der Waals surface area contributed by atoms with Crippen molar-refractivity contribution in [2.24, 2.45) is 11.7 Å². The van der Waals surface area contributed by atoms with Gasteiger partial charge in [-0.15, -0.1) is 0 Å². The van der Waals surface area contributed by atoms with E-state index in [0.29, 0.717) is 11.6 Å². The Morgan fingerprint density at radius 2 is 1.85 bits per heavy atom. The summed E-state index contributed by atoms with van der Waals surface area (Å²) in [7, 11) is -0.646. The van der Waals surface area contributed by atoms with E-state index in [-0.39, 0.29) is 17.9 Å². The summed E-state index contributed by atoms with van der Waals surface area (Å²) >= 11 is 5.84. The van der Waals surface area contributed by atoms with Crippen LogP contribution in [0.15, 0.2) is 24.3 Å². The highest BCUT2D eigenvalue weighted by atomic mass is 35.5. The van der Waals surface area contributed by atoms with Crippen molar-refractivity contribution in [3.8, 4) is 0 Å². The van der Waals surface area contributed by atoms with Crippen LogP contribution in [0, 0.1) is 5.92 Å². The predicted octanol–water partition coefficient (Wildman–Crippen LogP) is 3.21. The fourth-order valence-electron chi connectivity index (χ4n) is 1.64. The van der Waals surface area contributed by atoms with Gasteiger partial charge in [0.15, 0.2) is 0 Å². The van der Waals surface area contributed by atoms with Crippen LogP contribution in [0.1, 0.15) is 18.5 Å². The molecule has 1 aromatic carbocycles. The van der Waals surface area contributed by atoms with Gasteiger partial charge in [0.25, 0.3) is 0 Å². The lowest BCUT2D eigenvalue weighted by Crippen LogP contribution is -2.28. The summed E-state index contributed by atoms with van der Waals surface area (Å²) < 4.78 is 5.32. The molecule has 3 nitrogen and oxygen atoms in total. The van der Waals surface area contributed by atoms with E-state index in [4.69, 9.17) is 22.1 Å². The lowest BCUT2D eigenvalue weighted by atomic mass is 9.95. The Balaban J connectivity index is 2.53. The predicted molar refractivity (Wildman–Crippen MR) is 88.7 cm³/mol. The molecule has 0 aliphatic heterocycles. The molecule has 0 amide bonds. The van der Waals surface area contributed by atoms with Gasteiger partial charge < -0.3 is 10.5 Å². The van der Waals surface area contributed by atoms with Gasteiger partial charge >= 0.3 is 5.97 Å². The van der Waals surface area contributed by atoms with Gasteiger partial charge in [-0.2, -0.15) is 0 Å². The first-order valence-electron chi connectivity index (χ1n) is 6.54. The van der Waals surface area contributed by atoms with Crippen LogP contribution in [-0.4, -0.2) is 37.1 Å². The Labute approximate surface area is 128 Å². The Morgan fingerprint density at radius 3 is 2.35 bits per heavy atom. The quantitative estimate of drug-likeness (QED) is 0.820. The van der Waals surface area contributed by atoms with E-state index in [2.05, 4.69) is 18.8 Å². The molecular formula is C15H24ClNO2S. The fraction of sp³-hybridized carbons (Fsp3) is 0.533. The maximum atomic E-state index is 12.0. The van der Waals surface area contributed by atoms with Crippen molar-refractivity contribution in [3.63, 3.8) is 0 Å². The van der Waals surface area contributed by atoms with Gasteiger partial charge in [0.1, 0.15) is 0 Å². The molecule has 0 heterocycles. The molecule has 0 spiro atoms. The van der Waals surface area contributed by atoms with Gasteiger partial charge in [-0.3, -0.25) is 4.79 Å². The maximum absolute atomic E-state index is 12.0. The summed E-state index contributed by atoms with van der Waals surface area (Å²) in [5.74, 6) is 0.309. The van der Waals surface area contributed by atoms with Crippen LogP contribution in [0.5, 0.6) is 0 Å².